The largest absolute Gasteiger partial charge is 0.492 e. The molecular weight excluding hydrogens is 226 g/mol. The highest BCUT2D eigenvalue weighted by molar-refractivity contribution is 6.02. The number of carbonyl (C=O) groups is 1. The Morgan fingerprint density at radius 1 is 1.47 bits per heavy atom. The molecule has 0 saturated heterocycles. The summed E-state index contributed by atoms with van der Waals surface area (Å²) in [6, 6.07) is 6.38. The van der Waals surface area contributed by atoms with E-state index in [1.54, 1.807) is 18.2 Å². The van der Waals surface area contributed by atoms with Crippen LogP contribution < -0.4 is 4.74 Å². The van der Waals surface area contributed by atoms with Gasteiger partial charge in [-0.15, -0.1) is 5.73 Å². The lowest BCUT2D eigenvalue weighted by atomic mass is 9.90. The molecule has 4 heteroatoms. The number of hydrogen-bond donors (Lipinski definition) is 0. The number of alkyl halides is 2. The van der Waals surface area contributed by atoms with Crippen molar-refractivity contribution in [3.05, 3.63) is 48.2 Å². The Hall–Kier alpha value is -1.93. The minimum absolute atomic E-state index is 0.195. The minimum Gasteiger partial charge on any atom is -0.492 e. The Balaban J connectivity index is 2.38. The molecule has 1 atom stereocenters. The van der Waals surface area contributed by atoms with Crippen molar-refractivity contribution in [2.24, 2.45) is 5.92 Å². The van der Waals surface area contributed by atoms with Gasteiger partial charge in [-0.25, -0.2) is 8.78 Å². The first-order valence-electron chi connectivity index (χ1n) is 5.07. The topological polar surface area (TPSA) is 26.3 Å². The summed E-state index contributed by atoms with van der Waals surface area (Å²) >= 11 is 0. The number of hydrogen-bond acceptors (Lipinski definition) is 2. The summed E-state index contributed by atoms with van der Waals surface area (Å²) in [6.07, 6.45) is 0.507. The first-order chi connectivity index (χ1) is 8.06. The quantitative estimate of drug-likeness (QED) is 0.738. The molecule has 1 aliphatic heterocycles. The van der Waals surface area contributed by atoms with Gasteiger partial charge in [0.25, 0.3) is 5.92 Å². The van der Waals surface area contributed by atoms with Crippen molar-refractivity contribution in [1.29, 1.82) is 0 Å². The number of allylic oxidation sites excluding steroid dienone is 1. The molecule has 0 radical (unpaired) electrons. The number of carbonyl (C=O) groups excluding carboxylic acids is 1. The zero-order chi connectivity index (χ0) is 12.5. The number of fused-ring (bicyclic) bond motifs is 1. The molecule has 1 aromatic carbocycles. The third-order valence-electron chi connectivity index (χ3n) is 2.63. The molecule has 2 rings (SSSR count). The fraction of sp³-hybridized carbons (Fsp3) is 0.231. The summed E-state index contributed by atoms with van der Waals surface area (Å²) in [7, 11) is 0. The molecule has 1 unspecified atom stereocenters. The molecule has 0 aromatic heterocycles. The van der Waals surface area contributed by atoms with Crippen LogP contribution in [0.25, 0.3) is 0 Å². The van der Waals surface area contributed by atoms with E-state index in [4.69, 9.17) is 4.74 Å². The molecule has 1 aromatic rings. The molecule has 2 nitrogen and oxygen atoms in total. The van der Waals surface area contributed by atoms with E-state index in [9.17, 15) is 13.6 Å². The summed E-state index contributed by atoms with van der Waals surface area (Å²) in [4.78, 5) is 11.9. The second-order valence-corrected chi connectivity index (χ2v) is 3.75. The molecule has 0 spiro atoms. The minimum atomic E-state index is -3.29. The lowest BCUT2D eigenvalue weighted by Gasteiger charge is -2.27. The normalized spacial score (nSPS) is 18.9. The van der Waals surface area contributed by atoms with Crippen molar-refractivity contribution < 1.29 is 18.3 Å². The molecule has 1 heterocycles. The van der Waals surface area contributed by atoms with Gasteiger partial charge in [-0.05, 0) is 12.1 Å². The third-order valence-corrected chi connectivity index (χ3v) is 2.63. The molecule has 0 N–H and O–H groups in total. The van der Waals surface area contributed by atoms with E-state index in [-0.39, 0.29) is 12.2 Å². The molecular formula is C13H10F2O2. The lowest BCUT2D eigenvalue weighted by Crippen LogP contribution is -2.40. The molecule has 1 aliphatic rings. The van der Waals surface area contributed by atoms with E-state index >= 15 is 0 Å². The van der Waals surface area contributed by atoms with Crippen LogP contribution in [0.5, 0.6) is 5.75 Å². The number of benzene rings is 1. The molecule has 0 amide bonds. The molecule has 88 valence electrons. The van der Waals surface area contributed by atoms with Crippen LogP contribution in [-0.4, -0.2) is 18.3 Å². The fourth-order valence-corrected chi connectivity index (χ4v) is 1.76. The Morgan fingerprint density at radius 2 is 2.18 bits per heavy atom. The zero-order valence-corrected chi connectivity index (χ0v) is 8.95. The van der Waals surface area contributed by atoms with Gasteiger partial charge in [0.05, 0.1) is 5.56 Å². The van der Waals surface area contributed by atoms with E-state index in [0.29, 0.717) is 11.8 Å². The number of ketones is 1. The summed E-state index contributed by atoms with van der Waals surface area (Å²) in [6.45, 7) is 2.77. The van der Waals surface area contributed by atoms with Gasteiger partial charge in [0, 0.05) is 6.08 Å². The Morgan fingerprint density at radius 3 is 2.88 bits per heavy atom. The predicted octanol–water partition coefficient (Wildman–Crippen LogP) is 2.85. The van der Waals surface area contributed by atoms with Gasteiger partial charge in [0.2, 0.25) is 0 Å². The maximum atomic E-state index is 13.6. The molecule has 0 fully saturated rings. The fourth-order valence-electron chi connectivity index (χ4n) is 1.76. The predicted molar refractivity (Wildman–Crippen MR) is 58.4 cm³/mol. The van der Waals surface area contributed by atoms with Gasteiger partial charge in [0.15, 0.2) is 5.78 Å². The van der Waals surface area contributed by atoms with Crippen molar-refractivity contribution in [3.8, 4) is 5.75 Å². The van der Waals surface area contributed by atoms with Crippen molar-refractivity contribution in [2.75, 3.05) is 6.61 Å². The second-order valence-electron chi connectivity index (χ2n) is 3.75. The van der Waals surface area contributed by atoms with Gasteiger partial charge in [-0.3, -0.25) is 4.79 Å². The number of rotatable bonds is 2. The molecule has 0 aliphatic carbocycles. The highest BCUT2D eigenvalue weighted by Crippen LogP contribution is 2.35. The number of halogens is 2. The molecule has 0 bridgehead atoms. The standard InChI is InChI=1S/C13H10F2O2/c1-2-7-13(14,15)10-8-17-11-6-4-3-5-9(11)12(10)16/h3-7,10H,1,8H2. The van der Waals surface area contributed by atoms with Gasteiger partial charge < -0.3 is 4.74 Å². The maximum absolute atomic E-state index is 13.6. The monoisotopic (exact) mass is 236 g/mol. The highest BCUT2D eigenvalue weighted by atomic mass is 19.3. The van der Waals surface area contributed by atoms with Crippen LogP contribution in [0.2, 0.25) is 0 Å². The summed E-state index contributed by atoms with van der Waals surface area (Å²) in [5.74, 6) is -5.05. The smallest absolute Gasteiger partial charge is 0.286 e. The van der Waals surface area contributed by atoms with Crippen LogP contribution in [0.4, 0.5) is 8.78 Å². The SMILES string of the molecule is C=C=CC(F)(F)C1COc2ccccc2C1=O. The van der Waals surface area contributed by atoms with Crippen molar-refractivity contribution >= 4 is 5.78 Å². The first kappa shape index (κ1) is 11.6. The van der Waals surface area contributed by atoms with E-state index in [1.807, 2.05) is 5.73 Å². The van der Waals surface area contributed by atoms with Crippen LogP contribution in [0.1, 0.15) is 10.4 Å². The summed E-state index contributed by atoms with van der Waals surface area (Å²) in [5.41, 5.74) is 2.21. The van der Waals surface area contributed by atoms with E-state index < -0.39 is 17.6 Å². The Labute approximate surface area is 97.2 Å². The van der Waals surface area contributed by atoms with Crippen molar-refractivity contribution in [3.63, 3.8) is 0 Å². The maximum Gasteiger partial charge on any atom is 0.286 e. The van der Waals surface area contributed by atoms with Gasteiger partial charge in [-0.1, -0.05) is 18.7 Å². The van der Waals surface area contributed by atoms with Crippen LogP contribution in [0.15, 0.2) is 42.7 Å². The average molecular weight is 236 g/mol. The number of para-hydroxylation sites is 1. The van der Waals surface area contributed by atoms with Gasteiger partial charge >= 0.3 is 0 Å². The highest BCUT2D eigenvalue weighted by Gasteiger charge is 2.45. The van der Waals surface area contributed by atoms with Crippen LogP contribution in [0.3, 0.4) is 0 Å². The van der Waals surface area contributed by atoms with E-state index in [0.717, 1.165) is 0 Å². The van der Waals surface area contributed by atoms with Crippen LogP contribution in [-0.2, 0) is 0 Å². The van der Waals surface area contributed by atoms with Crippen molar-refractivity contribution in [1.82, 2.24) is 0 Å². The second kappa shape index (κ2) is 4.15. The summed E-state index contributed by atoms with van der Waals surface area (Å²) < 4.78 is 32.4. The number of ether oxygens (including phenoxy) is 1. The van der Waals surface area contributed by atoms with E-state index in [1.165, 1.54) is 6.07 Å². The van der Waals surface area contributed by atoms with Crippen molar-refractivity contribution in [2.45, 2.75) is 5.92 Å². The van der Waals surface area contributed by atoms with Gasteiger partial charge in [0.1, 0.15) is 18.3 Å². The van der Waals surface area contributed by atoms with Crippen LogP contribution >= 0.6 is 0 Å². The van der Waals surface area contributed by atoms with E-state index in [2.05, 4.69) is 6.58 Å². The first-order valence-corrected chi connectivity index (χ1v) is 5.07. The summed E-state index contributed by atoms with van der Waals surface area (Å²) in [5, 5.41) is 0. The average Bonchev–Trinajstić information content (AvgIpc) is 2.29. The number of Topliss-reactive ketones (excluding diaryl/α,β-unsaturated/α-hetero) is 1. The Bertz CT molecular complexity index is 502. The van der Waals surface area contributed by atoms with Gasteiger partial charge in [-0.2, -0.15) is 0 Å². The molecule has 0 saturated carbocycles. The van der Waals surface area contributed by atoms with Crippen LogP contribution in [0, 0.1) is 5.92 Å². The zero-order valence-electron chi connectivity index (χ0n) is 8.95. The molecule has 17 heavy (non-hydrogen) atoms. The Kier molecular flexibility index (Phi) is 2.82. The third kappa shape index (κ3) is 1.99. The lowest BCUT2D eigenvalue weighted by molar-refractivity contribution is -0.0208.